The summed E-state index contributed by atoms with van der Waals surface area (Å²) in [5, 5.41) is 5.34. The second-order valence-corrected chi connectivity index (χ2v) is 4.64. The van der Waals surface area contributed by atoms with Gasteiger partial charge >= 0.3 is 0 Å². The summed E-state index contributed by atoms with van der Waals surface area (Å²) in [6.07, 6.45) is 0.374. The topological polar surface area (TPSA) is 95.1 Å². The molecule has 25 heavy (non-hydrogen) atoms. The summed E-state index contributed by atoms with van der Waals surface area (Å²) in [6.45, 7) is 12.3. The molecule has 0 saturated carbocycles. The van der Waals surface area contributed by atoms with E-state index in [1.807, 2.05) is 20.8 Å². The summed E-state index contributed by atoms with van der Waals surface area (Å²) in [4.78, 5) is 21.7. The molecular formula is C17H40N2O6. The van der Waals surface area contributed by atoms with Gasteiger partial charge in [0.05, 0.1) is 52.9 Å². The number of rotatable bonds is 16. The summed E-state index contributed by atoms with van der Waals surface area (Å²) in [5.74, 6) is -0.0590. The fourth-order valence-electron chi connectivity index (χ4n) is 1.51. The Morgan fingerprint density at radius 3 is 1.64 bits per heavy atom. The Hall–Kier alpha value is -1.22. The first-order chi connectivity index (χ1) is 12.2. The van der Waals surface area contributed by atoms with Gasteiger partial charge in [-0.05, 0) is 6.92 Å². The third kappa shape index (κ3) is 25.1. The molecular weight excluding hydrogens is 328 g/mol. The predicted octanol–water partition coefficient (Wildman–Crippen LogP) is 1.23. The van der Waals surface area contributed by atoms with Crippen molar-refractivity contribution in [1.29, 1.82) is 0 Å². The van der Waals surface area contributed by atoms with E-state index in [1.54, 1.807) is 0 Å². The Bertz CT molecular complexity index is 313. The fourth-order valence-corrected chi connectivity index (χ4v) is 1.51. The summed E-state index contributed by atoms with van der Waals surface area (Å²) in [5.41, 5.74) is 0. The molecule has 0 bridgehead atoms. The number of hydrogen-bond acceptors (Lipinski definition) is 6. The van der Waals surface area contributed by atoms with Crippen LogP contribution in [-0.2, 0) is 28.5 Å². The van der Waals surface area contributed by atoms with Crippen LogP contribution >= 0.6 is 0 Å². The van der Waals surface area contributed by atoms with Crippen molar-refractivity contribution in [3.8, 4) is 0 Å². The molecule has 0 aromatic heterocycles. The van der Waals surface area contributed by atoms with Crippen LogP contribution in [0.3, 0.4) is 0 Å². The van der Waals surface area contributed by atoms with Crippen LogP contribution in [0.25, 0.3) is 0 Å². The van der Waals surface area contributed by atoms with E-state index in [2.05, 4.69) is 10.6 Å². The lowest BCUT2D eigenvalue weighted by atomic mass is 10.4. The van der Waals surface area contributed by atoms with Crippen LogP contribution < -0.4 is 10.6 Å². The van der Waals surface area contributed by atoms with Crippen molar-refractivity contribution in [2.75, 3.05) is 65.9 Å². The standard InChI is InChI=1S/C15H30N2O6.C2H6.2H2/c1-3-16-15(19)4-6-20-8-10-22-12-13-23-11-9-21-7-5-17-14(2)18;1-2;;/h3-13H2,1-2H3,(H,16,19)(H,17,18);1-2H3;2*1H. The smallest absolute Gasteiger partial charge is 0.222 e. The average molecular weight is 369 g/mol. The monoisotopic (exact) mass is 368 g/mol. The minimum atomic E-state index is -0.0600. The second-order valence-electron chi connectivity index (χ2n) is 4.64. The van der Waals surface area contributed by atoms with Gasteiger partial charge in [0.2, 0.25) is 11.8 Å². The zero-order valence-electron chi connectivity index (χ0n) is 16.2. The normalized spacial score (nSPS) is 9.92. The Kier molecular flexibility index (Phi) is 23.7. The van der Waals surface area contributed by atoms with Crippen LogP contribution in [0.2, 0.25) is 0 Å². The lowest BCUT2D eigenvalue weighted by Crippen LogP contribution is -2.25. The predicted molar refractivity (Wildman–Crippen MR) is 101 cm³/mol. The lowest BCUT2D eigenvalue weighted by molar-refractivity contribution is -0.122. The van der Waals surface area contributed by atoms with Gasteiger partial charge in [-0.2, -0.15) is 0 Å². The van der Waals surface area contributed by atoms with Crippen LogP contribution in [0, 0.1) is 0 Å². The molecule has 8 heteroatoms. The molecule has 2 amide bonds. The third-order valence-corrected chi connectivity index (χ3v) is 2.58. The maximum absolute atomic E-state index is 11.1. The highest BCUT2D eigenvalue weighted by molar-refractivity contribution is 5.75. The molecule has 154 valence electrons. The molecule has 0 unspecified atom stereocenters. The summed E-state index contributed by atoms with van der Waals surface area (Å²) < 4.78 is 21.2. The van der Waals surface area contributed by atoms with E-state index in [-0.39, 0.29) is 14.7 Å². The van der Waals surface area contributed by atoms with Crippen molar-refractivity contribution in [3.05, 3.63) is 0 Å². The van der Waals surface area contributed by atoms with Crippen molar-refractivity contribution in [2.24, 2.45) is 0 Å². The highest BCUT2D eigenvalue weighted by atomic mass is 16.6. The minimum Gasteiger partial charge on any atom is -0.379 e. The molecule has 0 heterocycles. The van der Waals surface area contributed by atoms with Gasteiger partial charge in [0.25, 0.3) is 0 Å². The zero-order valence-corrected chi connectivity index (χ0v) is 16.2. The van der Waals surface area contributed by atoms with E-state index < -0.39 is 0 Å². The molecule has 0 aromatic carbocycles. The molecule has 0 radical (unpaired) electrons. The van der Waals surface area contributed by atoms with Gasteiger partial charge in [0.1, 0.15) is 0 Å². The Balaban J connectivity index is -0.000000637. The maximum atomic E-state index is 11.1. The van der Waals surface area contributed by atoms with Crippen molar-refractivity contribution in [2.45, 2.75) is 34.1 Å². The number of nitrogens with one attached hydrogen (secondary N) is 2. The molecule has 0 aliphatic rings. The first-order valence-corrected chi connectivity index (χ1v) is 8.99. The van der Waals surface area contributed by atoms with E-state index in [0.29, 0.717) is 72.4 Å². The van der Waals surface area contributed by atoms with Gasteiger partial charge in [-0.15, -0.1) is 0 Å². The fraction of sp³-hybridized carbons (Fsp3) is 0.882. The SMILES string of the molecule is CC.CCNC(=O)CCOCCOCCOCCOCCNC(C)=O.[HH].[HH]. The molecule has 0 fully saturated rings. The molecule has 0 aromatic rings. The molecule has 8 nitrogen and oxygen atoms in total. The van der Waals surface area contributed by atoms with E-state index in [1.165, 1.54) is 6.92 Å². The van der Waals surface area contributed by atoms with Crippen LogP contribution in [0.1, 0.15) is 37.0 Å². The number of carbonyl (C=O) groups excluding carboxylic acids is 2. The van der Waals surface area contributed by atoms with E-state index in [0.717, 1.165) is 0 Å². The summed E-state index contributed by atoms with van der Waals surface area (Å²) in [7, 11) is 0. The third-order valence-electron chi connectivity index (χ3n) is 2.58. The Morgan fingerprint density at radius 2 is 1.20 bits per heavy atom. The maximum Gasteiger partial charge on any atom is 0.222 e. The second kappa shape index (κ2) is 22.8. The highest BCUT2D eigenvalue weighted by Crippen LogP contribution is 1.85. The van der Waals surface area contributed by atoms with Crippen molar-refractivity contribution >= 4 is 11.8 Å². The molecule has 0 spiro atoms. The van der Waals surface area contributed by atoms with Gasteiger partial charge in [-0.25, -0.2) is 0 Å². The van der Waals surface area contributed by atoms with Crippen LogP contribution in [0.5, 0.6) is 0 Å². The Labute approximate surface area is 154 Å². The van der Waals surface area contributed by atoms with Gasteiger partial charge in [-0.3, -0.25) is 9.59 Å². The van der Waals surface area contributed by atoms with Gasteiger partial charge in [0, 0.05) is 29.3 Å². The number of ether oxygens (including phenoxy) is 4. The molecule has 0 saturated heterocycles. The molecule has 0 aliphatic heterocycles. The van der Waals surface area contributed by atoms with Crippen LogP contribution in [0.4, 0.5) is 0 Å². The van der Waals surface area contributed by atoms with Crippen molar-refractivity contribution < 1.29 is 31.4 Å². The van der Waals surface area contributed by atoms with E-state index >= 15 is 0 Å². The molecule has 2 N–H and O–H groups in total. The number of amides is 2. The number of hydrogen-bond donors (Lipinski definition) is 2. The zero-order chi connectivity index (χ0) is 19.2. The highest BCUT2D eigenvalue weighted by Gasteiger charge is 1.98. The van der Waals surface area contributed by atoms with Gasteiger partial charge in [0.15, 0.2) is 0 Å². The van der Waals surface area contributed by atoms with Crippen LogP contribution in [-0.4, -0.2) is 77.8 Å². The van der Waals surface area contributed by atoms with E-state index in [4.69, 9.17) is 18.9 Å². The largest absolute Gasteiger partial charge is 0.379 e. The van der Waals surface area contributed by atoms with Gasteiger partial charge < -0.3 is 29.6 Å². The first kappa shape index (κ1) is 26.0. The van der Waals surface area contributed by atoms with Crippen LogP contribution in [0.15, 0.2) is 0 Å². The van der Waals surface area contributed by atoms with Gasteiger partial charge in [-0.1, -0.05) is 13.8 Å². The first-order valence-electron chi connectivity index (χ1n) is 8.99. The minimum absolute atomic E-state index is 0. The van der Waals surface area contributed by atoms with Crippen molar-refractivity contribution in [3.63, 3.8) is 0 Å². The Morgan fingerprint density at radius 1 is 0.760 bits per heavy atom. The quantitative estimate of drug-likeness (QED) is 0.398. The summed E-state index contributed by atoms with van der Waals surface area (Å²) >= 11 is 0. The summed E-state index contributed by atoms with van der Waals surface area (Å²) in [6, 6.07) is 0. The molecule has 0 rings (SSSR count). The lowest BCUT2D eigenvalue weighted by Gasteiger charge is -2.07. The van der Waals surface area contributed by atoms with Crippen molar-refractivity contribution in [1.82, 2.24) is 10.6 Å². The average Bonchev–Trinajstić information content (AvgIpc) is 2.60. The number of carbonyl (C=O) groups is 2. The van der Waals surface area contributed by atoms with E-state index in [9.17, 15) is 9.59 Å². The molecule has 0 atom stereocenters. The molecule has 0 aliphatic carbocycles.